The third-order valence-corrected chi connectivity index (χ3v) is 6.56. The molecule has 1 fully saturated rings. The molecule has 0 amide bonds. The van der Waals surface area contributed by atoms with Crippen LogP contribution in [-0.4, -0.2) is 45.6 Å². The van der Waals surface area contributed by atoms with Gasteiger partial charge in [-0.1, -0.05) is 36.4 Å². The van der Waals surface area contributed by atoms with Crippen molar-refractivity contribution in [1.82, 2.24) is 0 Å². The summed E-state index contributed by atoms with van der Waals surface area (Å²) in [5.41, 5.74) is 0. The molecule has 2 aromatic carbocycles. The van der Waals surface area contributed by atoms with Crippen molar-refractivity contribution < 1.29 is 34.4 Å². The van der Waals surface area contributed by atoms with E-state index in [1.165, 1.54) is 0 Å². The highest BCUT2D eigenvalue weighted by molar-refractivity contribution is 5.86. The van der Waals surface area contributed by atoms with E-state index in [0.717, 1.165) is 10.8 Å². The van der Waals surface area contributed by atoms with Gasteiger partial charge in [-0.3, -0.25) is 9.59 Å². The smallest absolute Gasteiger partial charge is 0.303 e. The SMILES string of the molecule is O=C(O)CCC/C=C\C[C@H]1C(=O)C[C@@H](O)[C@@H]1CC[C@H](O)C1Oc2cc3ccccc3cc2O1. The second-order valence-electron chi connectivity index (χ2n) is 8.90. The molecule has 0 spiro atoms. The number of fused-ring (bicyclic) bond motifs is 2. The van der Waals surface area contributed by atoms with Crippen molar-refractivity contribution in [2.24, 2.45) is 11.8 Å². The van der Waals surface area contributed by atoms with Crippen LogP contribution in [0.25, 0.3) is 10.8 Å². The first kappa shape index (κ1) is 23.3. The number of rotatable bonds is 10. The molecule has 0 unspecified atom stereocenters. The van der Waals surface area contributed by atoms with Crippen LogP contribution in [0.1, 0.15) is 44.9 Å². The lowest BCUT2D eigenvalue weighted by molar-refractivity contribution is -0.137. The number of carboxylic acid groups (broad SMARTS) is 1. The van der Waals surface area contributed by atoms with Gasteiger partial charge in [0.1, 0.15) is 11.9 Å². The van der Waals surface area contributed by atoms with Crippen LogP contribution in [0.5, 0.6) is 11.5 Å². The van der Waals surface area contributed by atoms with Crippen molar-refractivity contribution in [3.8, 4) is 11.5 Å². The molecule has 0 bridgehead atoms. The number of carboxylic acids is 1. The predicted octanol–water partition coefficient (Wildman–Crippen LogP) is 3.85. The molecule has 0 saturated heterocycles. The topological polar surface area (TPSA) is 113 Å². The number of hydrogen-bond acceptors (Lipinski definition) is 6. The van der Waals surface area contributed by atoms with E-state index in [4.69, 9.17) is 14.6 Å². The summed E-state index contributed by atoms with van der Waals surface area (Å²) in [6, 6.07) is 11.7. The van der Waals surface area contributed by atoms with E-state index in [1.54, 1.807) is 0 Å². The van der Waals surface area contributed by atoms with Gasteiger partial charge < -0.3 is 24.8 Å². The van der Waals surface area contributed by atoms with Gasteiger partial charge in [0.2, 0.25) is 0 Å². The van der Waals surface area contributed by atoms with Crippen LogP contribution in [0.2, 0.25) is 0 Å². The molecule has 3 N–H and O–H groups in total. The summed E-state index contributed by atoms with van der Waals surface area (Å²) >= 11 is 0. The first-order valence-corrected chi connectivity index (χ1v) is 11.5. The van der Waals surface area contributed by atoms with E-state index in [-0.39, 0.29) is 30.5 Å². The van der Waals surface area contributed by atoms with Crippen molar-refractivity contribution in [3.05, 3.63) is 48.6 Å². The number of aliphatic hydroxyl groups excluding tert-OH is 2. The van der Waals surface area contributed by atoms with Crippen molar-refractivity contribution in [2.45, 2.75) is 63.4 Å². The quantitative estimate of drug-likeness (QED) is 0.369. The van der Waals surface area contributed by atoms with Crippen LogP contribution in [0.4, 0.5) is 0 Å². The third kappa shape index (κ3) is 5.54. The Morgan fingerprint density at radius 2 is 1.79 bits per heavy atom. The van der Waals surface area contributed by atoms with E-state index in [1.807, 2.05) is 48.6 Å². The minimum absolute atomic E-state index is 0.0321. The maximum atomic E-state index is 12.4. The number of carbonyl (C=O) groups excluding carboxylic acids is 1. The number of allylic oxidation sites excluding steroid dienone is 2. The molecule has 1 aliphatic carbocycles. The molecule has 0 radical (unpaired) electrons. The normalized spacial score (nSPS) is 23.6. The molecule has 33 heavy (non-hydrogen) atoms. The predicted molar refractivity (Wildman–Crippen MR) is 122 cm³/mol. The van der Waals surface area contributed by atoms with Crippen molar-refractivity contribution in [2.75, 3.05) is 0 Å². The molecule has 0 aromatic heterocycles. The summed E-state index contributed by atoms with van der Waals surface area (Å²) < 4.78 is 11.7. The number of ketones is 1. The van der Waals surface area contributed by atoms with E-state index < -0.39 is 24.5 Å². The van der Waals surface area contributed by atoms with E-state index in [2.05, 4.69) is 0 Å². The zero-order valence-electron chi connectivity index (χ0n) is 18.4. The van der Waals surface area contributed by atoms with Crippen molar-refractivity contribution in [1.29, 1.82) is 0 Å². The molecular formula is C26H30O7. The van der Waals surface area contributed by atoms with Crippen molar-refractivity contribution in [3.63, 3.8) is 0 Å². The minimum atomic E-state index is -0.893. The second kappa shape index (κ2) is 10.4. The van der Waals surface area contributed by atoms with Crippen molar-refractivity contribution >= 4 is 22.5 Å². The van der Waals surface area contributed by atoms with Crippen LogP contribution in [0.15, 0.2) is 48.6 Å². The molecule has 7 nitrogen and oxygen atoms in total. The fraction of sp³-hybridized carbons (Fsp3) is 0.462. The summed E-state index contributed by atoms with van der Waals surface area (Å²) in [5, 5.41) is 31.8. The molecule has 1 aliphatic heterocycles. The molecule has 1 saturated carbocycles. The number of aliphatic hydroxyl groups is 2. The Bertz CT molecular complexity index is 986. The highest BCUT2D eigenvalue weighted by atomic mass is 16.7. The van der Waals surface area contributed by atoms with Crippen LogP contribution >= 0.6 is 0 Å². The maximum Gasteiger partial charge on any atom is 0.303 e. The molecular weight excluding hydrogens is 424 g/mol. The fourth-order valence-corrected chi connectivity index (χ4v) is 4.76. The molecule has 4 rings (SSSR count). The number of carbonyl (C=O) groups is 2. The number of ether oxygens (including phenoxy) is 2. The molecule has 2 aliphatic rings. The first-order valence-electron chi connectivity index (χ1n) is 11.5. The van der Waals surface area contributed by atoms with E-state index in [9.17, 15) is 19.8 Å². The van der Waals surface area contributed by atoms with Gasteiger partial charge in [-0.2, -0.15) is 0 Å². The molecule has 176 valence electrons. The highest BCUT2D eigenvalue weighted by Gasteiger charge is 2.41. The zero-order valence-corrected chi connectivity index (χ0v) is 18.4. The lowest BCUT2D eigenvalue weighted by atomic mass is 9.86. The van der Waals surface area contributed by atoms with Crippen LogP contribution in [-0.2, 0) is 9.59 Å². The molecule has 7 heteroatoms. The van der Waals surface area contributed by atoms with Gasteiger partial charge >= 0.3 is 5.97 Å². The average Bonchev–Trinajstić information content (AvgIpc) is 3.32. The Balaban J connectivity index is 1.30. The van der Waals surface area contributed by atoms with Crippen LogP contribution in [0.3, 0.4) is 0 Å². The Labute approximate surface area is 192 Å². The lowest BCUT2D eigenvalue weighted by Gasteiger charge is -2.23. The highest BCUT2D eigenvalue weighted by Crippen LogP contribution is 2.40. The first-order chi connectivity index (χ1) is 15.9. The largest absolute Gasteiger partial charge is 0.481 e. The molecule has 1 heterocycles. The Morgan fingerprint density at radius 1 is 1.12 bits per heavy atom. The van der Waals surface area contributed by atoms with Gasteiger partial charge in [-0.05, 0) is 60.9 Å². The van der Waals surface area contributed by atoms with Gasteiger partial charge in [0.05, 0.1) is 6.10 Å². The Kier molecular flexibility index (Phi) is 7.30. The van der Waals surface area contributed by atoms with Gasteiger partial charge in [0, 0.05) is 18.8 Å². The Morgan fingerprint density at radius 3 is 2.42 bits per heavy atom. The molecule has 4 atom stereocenters. The maximum absolute atomic E-state index is 12.4. The summed E-state index contributed by atoms with van der Waals surface area (Å²) in [7, 11) is 0. The second-order valence-corrected chi connectivity index (χ2v) is 8.90. The van der Waals surface area contributed by atoms with Gasteiger partial charge in [0.25, 0.3) is 6.29 Å². The standard InChI is InChI=1S/C26H30O7/c27-20(26-32-23-13-16-7-5-6-8-17(16)14-24(23)33-26)12-11-19-18(21(28)15-22(19)29)9-3-1-2-4-10-25(30)31/h1,3,5-8,13-14,18-20,22,26-27,29H,2,4,9-12,15H2,(H,30,31)/b3-1-/t18-,19-,20+,22-/m1/s1. The van der Waals surface area contributed by atoms with E-state index in [0.29, 0.717) is 43.6 Å². The fourth-order valence-electron chi connectivity index (χ4n) is 4.76. The summed E-state index contributed by atoms with van der Waals surface area (Å²) in [6.45, 7) is 0. The number of benzene rings is 2. The van der Waals surface area contributed by atoms with E-state index >= 15 is 0 Å². The number of aliphatic carboxylic acids is 1. The summed E-state index contributed by atoms with van der Waals surface area (Å²) in [5.74, 6) is -0.121. The minimum Gasteiger partial charge on any atom is -0.481 e. The Hall–Kier alpha value is -2.90. The monoisotopic (exact) mass is 454 g/mol. The van der Waals surface area contributed by atoms with Crippen LogP contribution in [0, 0.1) is 11.8 Å². The average molecular weight is 455 g/mol. The number of unbranched alkanes of at least 4 members (excludes halogenated alkanes) is 1. The number of hydrogen-bond donors (Lipinski definition) is 3. The number of Topliss-reactive ketones (excluding diaryl/α,β-unsaturated/α-hetero) is 1. The summed E-state index contributed by atoms with van der Waals surface area (Å²) in [6.07, 6.45) is 4.15. The van der Waals surface area contributed by atoms with Crippen LogP contribution < -0.4 is 9.47 Å². The van der Waals surface area contributed by atoms with Gasteiger partial charge in [-0.25, -0.2) is 0 Å². The zero-order chi connectivity index (χ0) is 23.4. The molecule has 2 aromatic rings. The summed E-state index contributed by atoms with van der Waals surface area (Å²) in [4.78, 5) is 23.0. The van der Waals surface area contributed by atoms with Gasteiger partial charge in [0.15, 0.2) is 11.5 Å². The third-order valence-electron chi connectivity index (χ3n) is 6.56. The van der Waals surface area contributed by atoms with Gasteiger partial charge in [-0.15, -0.1) is 0 Å². The lowest BCUT2D eigenvalue weighted by Crippen LogP contribution is -2.34.